The summed E-state index contributed by atoms with van der Waals surface area (Å²) < 4.78 is 0. The first-order chi connectivity index (χ1) is 14.1. The van der Waals surface area contributed by atoms with E-state index in [-0.39, 0.29) is 11.9 Å². The van der Waals surface area contributed by atoms with Gasteiger partial charge < -0.3 is 10.0 Å². The van der Waals surface area contributed by atoms with Crippen LogP contribution in [0.3, 0.4) is 0 Å². The quantitative estimate of drug-likeness (QED) is 0.663. The lowest BCUT2D eigenvalue weighted by Gasteiger charge is -2.34. The predicted octanol–water partition coefficient (Wildman–Crippen LogP) is 4.13. The average molecular weight is 408 g/mol. The number of pyridine rings is 2. The Morgan fingerprint density at radius 1 is 1.10 bits per heavy atom. The molecule has 6 heteroatoms. The van der Waals surface area contributed by atoms with Crippen LogP contribution in [0.5, 0.6) is 0 Å². The molecule has 0 spiro atoms. The van der Waals surface area contributed by atoms with Gasteiger partial charge in [0, 0.05) is 30.1 Å². The highest BCUT2D eigenvalue weighted by Gasteiger charge is 2.39. The van der Waals surface area contributed by atoms with Crippen molar-refractivity contribution in [1.29, 1.82) is 0 Å². The summed E-state index contributed by atoms with van der Waals surface area (Å²) in [5.74, 6) is -0.0628. The normalized spacial score (nSPS) is 21.6. The monoisotopic (exact) mass is 407 g/mol. The van der Waals surface area contributed by atoms with E-state index in [1.54, 1.807) is 12.3 Å². The molecule has 1 aromatic carbocycles. The Kier molecular flexibility index (Phi) is 4.72. The van der Waals surface area contributed by atoms with Crippen molar-refractivity contribution in [3.8, 4) is 0 Å². The van der Waals surface area contributed by atoms with Gasteiger partial charge in [-0.25, -0.2) is 9.97 Å². The van der Waals surface area contributed by atoms with Crippen molar-refractivity contribution < 1.29 is 9.90 Å². The number of halogens is 1. The fraction of sp³-hybridized carbons (Fsp3) is 0.348. The second-order valence-electron chi connectivity index (χ2n) is 7.95. The smallest absolute Gasteiger partial charge is 0.273 e. The molecule has 2 aliphatic rings. The van der Waals surface area contributed by atoms with E-state index in [0.717, 1.165) is 53.3 Å². The van der Waals surface area contributed by atoms with Crippen LogP contribution in [-0.2, 0) is 13.0 Å². The largest absolute Gasteiger partial charge is 0.391 e. The molecule has 5 nitrogen and oxygen atoms in total. The van der Waals surface area contributed by atoms with E-state index < -0.39 is 6.10 Å². The lowest BCUT2D eigenvalue weighted by Crippen LogP contribution is -2.45. The summed E-state index contributed by atoms with van der Waals surface area (Å²) in [4.78, 5) is 24.1. The number of hydrogen-bond donors (Lipinski definition) is 1. The van der Waals surface area contributed by atoms with Crippen molar-refractivity contribution in [3.63, 3.8) is 0 Å². The van der Waals surface area contributed by atoms with Gasteiger partial charge in [0.05, 0.1) is 17.8 Å². The Hall–Kier alpha value is -2.50. The molecule has 0 bridgehead atoms. The first-order valence-electron chi connectivity index (χ1n) is 10.1. The number of aliphatic hydroxyl groups excluding tert-OH is 1. The number of hydrogen-bond acceptors (Lipinski definition) is 4. The van der Waals surface area contributed by atoms with E-state index in [0.29, 0.717) is 23.8 Å². The van der Waals surface area contributed by atoms with Crippen molar-refractivity contribution in [3.05, 3.63) is 70.3 Å². The molecule has 3 aromatic rings. The summed E-state index contributed by atoms with van der Waals surface area (Å²) in [5, 5.41) is 13.1. The molecule has 29 heavy (non-hydrogen) atoms. The van der Waals surface area contributed by atoms with Gasteiger partial charge >= 0.3 is 0 Å². The molecule has 1 saturated carbocycles. The van der Waals surface area contributed by atoms with E-state index >= 15 is 0 Å². The Balaban J connectivity index is 1.56. The summed E-state index contributed by atoms with van der Waals surface area (Å²) in [7, 11) is 0. The van der Waals surface area contributed by atoms with Crippen LogP contribution in [0.25, 0.3) is 10.8 Å². The minimum absolute atomic E-state index is 0.0628. The van der Waals surface area contributed by atoms with Gasteiger partial charge in [-0.3, -0.25) is 4.79 Å². The molecule has 1 amide bonds. The van der Waals surface area contributed by atoms with Crippen LogP contribution in [0.2, 0.25) is 5.15 Å². The fourth-order valence-corrected chi connectivity index (χ4v) is 4.78. The summed E-state index contributed by atoms with van der Waals surface area (Å²) in [5.41, 5.74) is 3.36. The SMILES string of the molecule is O=C1c2nc(Cc3ccc(Cl)nc3)c3ccccc3c2CN1[C@H]1CCCC[C@@H]1O. The maximum absolute atomic E-state index is 13.3. The highest BCUT2D eigenvalue weighted by atomic mass is 35.5. The number of nitrogens with zero attached hydrogens (tertiary/aromatic N) is 3. The van der Waals surface area contributed by atoms with E-state index in [2.05, 4.69) is 17.1 Å². The topological polar surface area (TPSA) is 66.3 Å². The molecule has 1 N–H and O–H groups in total. The second-order valence-corrected chi connectivity index (χ2v) is 8.34. The molecule has 0 radical (unpaired) electrons. The first kappa shape index (κ1) is 18.5. The predicted molar refractivity (Wildman–Crippen MR) is 112 cm³/mol. The third-order valence-electron chi connectivity index (χ3n) is 6.14. The molecule has 1 fully saturated rings. The molecule has 1 aliphatic heterocycles. The third kappa shape index (κ3) is 3.28. The van der Waals surface area contributed by atoms with Crippen molar-refractivity contribution in [2.45, 2.75) is 50.8 Å². The van der Waals surface area contributed by atoms with E-state index in [4.69, 9.17) is 16.6 Å². The first-order valence-corrected chi connectivity index (χ1v) is 10.5. The van der Waals surface area contributed by atoms with Gasteiger partial charge in [-0.15, -0.1) is 0 Å². The van der Waals surface area contributed by atoms with Crippen LogP contribution in [0.1, 0.15) is 53.0 Å². The molecule has 0 saturated heterocycles. The number of fused-ring (bicyclic) bond motifs is 3. The van der Waals surface area contributed by atoms with Gasteiger partial charge in [0.25, 0.3) is 5.91 Å². The molecule has 5 rings (SSSR count). The number of rotatable bonds is 3. The zero-order valence-electron chi connectivity index (χ0n) is 16.0. The van der Waals surface area contributed by atoms with Gasteiger partial charge in [0.2, 0.25) is 0 Å². The van der Waals surface area contributed by atoms with Crippen LogP contribution in [-0.4, -0.2) is 38.0 Å². The zero-order chi connectivity index (χ0) is 20.0. The fourth-order valence-electron chi connectivity index (χ4n) is 4.67. The highest BCUT2D eigenvalue weighted by molar-refractivity contribution is 6.29. The van der Waals surface area contributed by atoms with Crippen LogP contribution >= 0.6 is 11.6 Å². The maximum Gasteiger partial charge on any atom is 0.273 e. The second kappa shape index (κ2) is 7.39. The van der Waals surface area contributed by atoms with E-state index in [1.165, 1.54) is 0 Å². The molecular weight excluding hydrogens is 386 g/mol. The molecule has 1 aliphatic carbocycles. The number of carbonyl (C=O) groups excluding carboxylic acids is 1. The molecule has 0 unspecified atom stereocenters. The number of benzene rings is 1. The van der Waals surface area contributed by atoms with E-state index in [1.807, 2.05) is 23.1 Å². The molecule has 2 atom stereocenters. The maximum atomic E-state index is 13.3. The molecule has 3 heterocycles. The van der Waals surface area contributed by atoms with Crippen molar-refractivity contribution in [2.24, 2.45) is 0 Å². The molecular formula is C23H22ClN3O2. The van der Waals surface area contributed by atoms with Crippen molar-refractivity contribution >= 4 is 28.3 Å². The average Bonchev–Trinajstić information content (AvgIpc) is 3.07. The molecule has 148 valence electrons. The minimum atomic E-state index is -0.451. The van der Waals surface area contributed by atoms with Gasteiger partial charge in [-0.05, 0) is 29.9 Å². The zero-order valence-corrected chi connectivity index (χ0v) is 16.8. The number of aromatic nitrogens is 2. The van der Waals surface area contributed by atoms with Crippen LogP contribution in [0.4, 0.5) is 0 Å². The summed E-state index contributed by atoms with van der Waals surface area (Å²) in [6.45, 7) is 0.520. The molecule has 2 aromatic heterocycles. The van der Waals surface area contributed by atoms with Crippen LogP contribution in [0.15, 0.2) is 42.6 Å². The summed E-state index contributed by atoms with van der Waals surface area (Å²) in [6.07, 6.45) is 5.55. The Labute approximate surface area is 174 Å². The Bertz CT molecular complexity index is 1080. The van der Waals surface area contributed by atoms with Gasteiger partial charge in [-0.1, -0.05) is 54.8 Å². The van der Waals surface area contributed by atoms with Crippen LogP contribution in [0, 0.1) is 0 Å². The standard InChI is InChI=1S/C23H22ClN3O2/c24-21-10-9-14(12-25-21)11-18-16-6-2-1-5-15(16)17-13-27(23(29)22(17)26-18)19-7-3-4-8-20(19)28/h1-2,5-6,9-10,12,19-20,28H,3-4,7-8,11,13H2/t19-,20-/m0/s1. The van der Waals surface area contributed by atoms with Gasteiger partial charge in [0.1, 0.15) is 10.8 Å². The Morgan fingerprint density at radius 3 is 2.66 bits per heavy atom. The summed E-state index contributed by atoms with van der Waals surface area (Å²) >= 11 is 5.91. The number of aliphatic hydroxyl groups is 1. The highest BCUT2D eigenvalue weighted by Crippen LogP contribution is 2.35. The number of amides is 1. The van der Waals surface area contributed by atoms with E-state index in [9.17, 15) is 9.90 Å². The van der Waals surface area contributed by atoms with Gasteiger partial charge in [0.15, 0.2) is 0 Å². The Morgan fingerprint density at radius 2 is 1.90 bits per heavy atom. The lowest BCUT2D eigenvalue weighted by molar-refractivity contribution is 0.0190. The summed E-state index contributed by atoms with van der Waals surface area (Å²) in [6, 6.07) is 11.7. The lowest BCUT2D eigenvalue weighted by atomic mass is 9.91. The van der Waals surface area contributed by atoms with Crippen molar-refractivity contribution in [1.82, 2.24) is 14.9 Å². The van der Waals surface area contributed by atoms with Gasteiger partial charge in [-0.2, -0.15) is 0 Å². The third-order valence-corrected chi connectivity index (χ3v) is 6.37. The van der Waals surface area contributed by atoms with Crippen LogP contribution < -0.4 is 0 Å². The van der Waals surface area contributed by atoms with Crippen molar-refractivity contribution in [2.75, 3.05) is 0 Å². The number of carbonyl (C=O) groups is 1. The minimum Gasteiger partial charge on any atom is -0.391 e.